The number of benzene rings is 1. The van der Waals surface area contributed by atoms with E-state index < -0.39 is 0 Å². The van der Waals surface area contributed by atoms with E-state index in [9.17, 15) is 9.59 Å². The van der Waals surface area contributed by atoms with E-state index in [-0.39, 0.29) is 30.0 Å². The van der Waals surface area contributed by atoms with Crippen LogP contribution in [0.5, 0.6) is 11.5 Å². The van der Waals surface area contributed by atoms with Gasteiger partial charge in [-0.2, -0.15) is 0 Å². The highest BCUT2D eigenvalue weighted by Gasteiger charge is 2.32. The predicted octanol–water partition coefficient (Wildman–Crippen LogP) is 2.35. The van der Waals surface area contributed by atoms with Crippen molar-refractivity contribution in [3.8, 4) is 11.5 Å². The van der Waals surface area contributed by atoms with Crippen molar-refractivity contribution in [1.82, 2.24) is 5.32 Å². The molecule has 25 heavy (non-hydrogen) atoms. The zero-order valence-electron chi connectivity index (χ0n) is 13.2. The van der Waals surface area contributed by atoms with E-state index >= 15 is 0 Å². The zero-order chi connectivity index (χ0) is 17.4. The second-order valence-electron chi connectivity index (χ2n) is 5.81. The number of fused-ring (bicyclic) bond motifs is 1. The van der Waals surface area contributed by atoms with E-state index in [1.807, 2.05) is 6.07 Å². The van der Waals surface area contributed by atoms with Gasteiger partial charge in [0.05, 0.1) is 6.04 Å². The molecular formula is C17H15BrN2O5. The molecule has 4 rings (SSSR count). The number of halogens is 1. The number of carbonyl (C=O) groups excluding carboxylic acids is 2. The SMILES string of the molecule is O=C(N[C@@H]1CC(=O)N(c2ccc3c(c2)OCCO3)C1)c1ccc(Br)o1. The number of anilines is 1. The summed E-state index contributed by atoms with van der Waals surface area (Å²) in [7, 11) is 0. The van der Waals surface area contributed by atoms with Crippen molar-refractivity contribution in [3.05, 3.63) is 40.8 Å². The van der Waals surface area contributed by atoms with Gasteiger partial charge in [0.25, 0.3) is 5.91 Å². The Balaban J connectivity index is 1.46. The summed E-state index contributed by atoms with van der Waals surface area (Å²) >= 11 is 3.16. The third kappa shape index (κ3) is 3.21. The molecule has 2 aliphatic heterocycles. The fourth-order valence-electron chi connectivity index (χ4n) is 2.95. The molecule has 0 unspecified atom stereocenters. The monoisotopic (exact) mass is 406 g/mol. The Labute approximate surface area is 152 Å². The van der Waals surface area contributed by atoms with E-state index in [2.05, 4.69) is 21.2 Å². The highest BCUT2D eigenvalue weighted by Crippen LogP contribution is 2.35. The van der Waals surface area contributed by atoms with Crippen LogP contribution in [0.2, 0.25) is 0 Å². The first-order valence-electron chi connectivity index (χ1n) is 7.86. The Hall–Kier alpha value is -2.48. The van der Waals surface area contributed by atoms with Crippen LogP contribution in [0.25, 0.3) is 0 Å². The number of hydrogen-bond donors (Lipinski definition) is 1. The molecule has 8 heteroatoms. The van der Waals surface area contributed by atoms with Crippen LogP contribution in [0.4, 0.5) is 5.69 Å². The summed E-state index contributed by atoms with van der Waals surface area (Å²) < 4.78 is 16.8. The van der Waals surface area contributed by atoms with Gasteiger partial charge in [-0.15, -0.1) is 0 Å². The van der Waals surface area contributed by atoms with Crippen LogP contribution in [0.15, 0.2) is 39.4 Å². The van der Waals surface area contributed by atoms with Crippen molar-refractivity contribution < 1.29 is 23.5 Å². The molecule has 1 aromatic heterocycles. The van der Waals surface area contributed by atoms with E-state index in [1.54, 1.807) is 29.2 Å². The van der Waals surface area contributed by atoms with Gasteiger partial charge in [0, 0.05) is 24.7 Å². The lowest BCUT2D eigenvalue weighted by atomic mass is 10.2. The highest BCUT2D eigenvalue weighted by molar-refractivity contribution is 9.10. The van der Waals surface area contributed by atoms with Crippen molar-refractivity contribution >= 4 is 33.4 Å². The first kappa shape index (κ1) is 16.0. The summed E-state index contributed by atoms with van der Waals surface area (Å²) in [6.45, 7) is 1.40. The standard InChI is InChI=1S/C17H15BrN2O5/c18-15-4-3-13(25-15)17(22)19-10-7-16(21)20(9-10)11-1-2-12-14(8-11)24-6-5-23-12/h1-4,8,10H,5-7,9H2,(H,19,22)/t10-/m1/s1. The van der Waals surface area contributed by atoms with Crippen LogP contribution in [-0.2, 0) is 4.79 Å². The quantitative estimate of drug-likeness (QED) is 0.845. The Morgan fingerprint density at radius 3 is 2.72 bits per heavy atom. The fourth-order valence-corrected chi connectivity index (χ4v) is 3.25. The summed E-state index contributed by atoms with van der Waals surface area (Å²) in [5, 5.41) is 2.83. The van der Waals surface area contributed by atoms with Gasteiger partial charge in [0.15, 0.2) is 21.9 Å². The van der Waals surface area contributed by atoms with Crippen LogP contribution in [0.3, 0.4) is 0 Å². The summed E-state index contributed by atoms with van der Waals surface area (Å²) in [4.78, 5) is 26.2. The number of furan rings is 1. The van der Waals surface area contributed by atoms with E-state index in [4.69, 9.17) is 13.9 Å². The zero-order valence-corrected chi connectivity index (χ0v) is 14.7. The Morgan fingerprint density at radius 1 is 1.16 bits per heavy atom. The van der Waals surface area contributed by atoms with Crippen LogP contribution < -0.4 is 19.7 Å². The Kier molecular flexibility index (Phi) is 4.12. The van der Waals surface area contributed by atoms with E-state index in [0.717, 1.165) is 5.69 Å². The molecule has 0 spiro atoms. The molecule has 3 heterocycles. The van der Waals surface area contributed by atoms with Gasteiger partial charge in [0.1, 0.15) is 13.2 Å². The molecule has 0 saturated carbocycles. The number of nitrogens with zero attached hydrogens (tertiary/aromatic N) is 1. The molecule has 0 aliphatic carbocycles. The number of amides is 2. The van der Waals surface area contributed by atoms with Crippen molar-refractivity contribution in [1.29, 1.82) is 0 Å². The molecular weight excluding hydrogens is 392 g/mol. The third-order valence-electron chi connectivity index (χ3n) is 4.09. The lowest BCUT2D eigenvalue weighted by Crippen LogP contribution is -2.37. The molecule has 1 aromatic carbocycles. The number of nitrogens with one attached hydrogen (secondary N) is 1. The maximum Gasteiger partial charge on any atom is 0.287 e. The molecule has 7 nitrogen and oxygen atoms in total. The van der Waals surface area contributed by atoms with Gasteiger partial charge in [0.2, 0.25) is 5.91 Å². The highest BCUT2D eigenvalue weighted by atomic mass is 79.9. The number of ether oxygens (including phenoxy) is 2. The number of hydrogen-bond acceptors (Lipinski definition) is 5. The maximum absolute atomic E-state index is 12.3. The average Bonchev–Trinajstić information content (AvgIpc) is 3.20. The maximum atomic E-state index is 12.3. The topological polar surface area (TPSA) is 81.0 Å². The van der Waals surface area contributed by atoms with Crippen LogP contribution in [0.1, 0.15) is 17.0 Å². The Morgan fingerprint density at radius 2 is 1.96 bits per heavy atom. The van der Waals surface area contributed by atoms with Gasteiger partial charge >= 0.3 is 0 Å². The minimum absolute atomic E-state index is 0.0531. The predicted molar refractivity (Wildman–Crippen MR) is 92.1 cm³/mol. The summed E-state index contributed by atoms with van der Waals surface area (Å²) in [5.41, 5.74) is 0.728. The van der Waals surface area contributed by atoms with Crippen molar-refractivity contribution in [3.63, 3.8) is 0 Å². The summed E-state index contributed by atoms with van der Waals surface area (Å²) in [6.07, 6.45) is 0.238. The third-order valence-corrected chi connectivity index (χ3v) is 4.52. The van der Waals surface area contributed by atoms with Crippen LogP contribution in [0, 0.1) is 0 Å². The molecule has 1 N–H and O–H groups in total. The normalized spacial score (nSPS) is 19.2. The van der Waals surface area contributed by atoms with E-state index in [1.165, 1.54) is 0 Å². The molecule has 0 bridgehead atoms. The van der Waals surface area contributed by atoms with Crippen LogP contribution in [-0.4, -0.2) is 37.6 Å². The Bertz CT molecular complexity index is 834. The molecule has 130 valence electrons. The second kappa shape index (κ2) is 6.44. The van der Waals surface area contributed by atoms with Crippen molar-refractivity contribution in [2.24, 2.45) is 0 Å². The minimum atomic E-state index is -0.340. The second-order valence-corrected chi connectivity index (χ2v) is 6.59. The fraction of sp³-hybridized carbons (Fsp3) is 0.294. The van der Waals surface area contributed by atoms with Gasteiger partial charge in [-0.25, -0.2) is 0 Å². The lowest BCUT2D eigenvalue weighted by molar-refractivity contribution is -0.117. The number of carbonyl (C=O) groups is 2. The van der Waals surface area contributed by atoms with Gasteiger partial charge < -0.3 is 24.1 Å². The van der Waals surface area contributed by atoms with Gasteiger partial charge in [-0.05, 0) is 40.2 Å². The molecule has 2 aromatic rings. The molecule has 2 aliphatic rings. The summed E-state index contributed by atoms with van der Waals surface area (Å²) in [6, 6.07) is 8.35. The molecule has 0 radical (unpaired) electrons. The molecule has 1 saturated heterocycles. The van der Waals surface area contributed by atoms with Crippen molar-refractivity contribution in [2.75, 3.05) is 24.7 Å². The van der Waals surface area contributed by atoms with Gasteiger partial charge in [-0.3, -0.25) is 9.59 Å². The minimum Gasteiger partial charge on any atom is -0.486 e. The first-order chi connectivity index (χ1) is 12.1. The summed E-state index contributed by atoms with van der Waals surface area (Å²) in [5.74, 6) is 1.12. The van der Waals surface area contributed by atoms with E-state index in [0.29, 0.717) is 35.9 Å². The number of rotatable bonds is 3. The van der Waals surface area contributed by atoms with Gasteiger partial charge in [-0.1, -0.05) is 0 Å². The average molecular weight is 407 g/mol. The largest absolute Gasteiger partial charge is 0.486 e. The lowest BCUT2D eigenvalue weighted by Gasteiger charge is -2.22. The molecule has 1 fully saturated rings. The smallest absolute Gasteiger partial charge is 0.287 e. The molecule has 1 atom stereocenters. The van der Waals surface area contributed by atoms with Crippen LogP contribution >= 0.6 is 15.9 Å². The van der Waals surface area contributed by atoms with Crippen molar-refractivity contribution in [2.45, 2.75) is 12.5 Å². The molecule has 2 amide bonds. The first-order valence-corrected chi connectivity index (χ1v) is 8.65.